The molecule has 2 N–H and O–H groups in total. The number of fused-ring (bicyclic) bond motifs is 1. The van der Waals surface area contributed by atoms with Gasteiger partial charge in [0.15, 0.2) is 0 Å². The van der Waals surface area contributed by atoms with Crippen LogP contribution in [0.4, 0.5) is 5.69 Å². The van der Waals surface area contributed by atoms with E-state index < -0.39 is 0 Å². The number of anilines is 1. The molecule has 0 bridgehead atoms. The quantitative estimate of drug-likeness (QED) is 0.906. The Morgan fingerprint density at radius 3 is 2.95 bits per heavy atom. The maximum absolute atomic E-state index is 12.3. The molecule has 0 aliphatic heterocycles. The fourth-order valence-corrected chi connectivity index (χ4v) is 3.22. The van der Waals surface area contributed by atoms with Crippen LogP contribution in [-0.4, -0.2) is 16.1 Å². The summed E-state index contributed by atoms with van der Waals surface area (Å²) in [5.41, 5.74) is 5.32. The van der Waals surface area contributed by atoms with E-state index in [4.69, 9.17) is 0 Å². The van der Waals surface area contributed by atoms with Crippen molar-refractivity contribution in [3.63, 3.8) is 0 Å². The minimum atomic E-state index is 0.0734. The number of aromatic nitrogens is 2. The van der Waals surface area contributed by atoms with Crippen LogP contribution in [0, 0.1) is 13.8 Å². The standard InChI is InChI=1S/C17H21N3O/c1-11-17(12(2)20-19-11)18-16(21)10-14-8-5-7-13-6-3-4-9-15(13)14/h3-4,6,9,14H,5,7-8,10H2,1-2H3,(H,18,21)(H,19,20)/t14-/m1/s1. The van der Waals surface area contributed by atoms with Gasteiger partial charge in [-0.15, -0.1) is 0 Å². The number of hydrogen-bond acceptors (Lipinski definition) is 2. The zero-order chi connectivity index (χ0) is 14.8. The Kier molecular flexibility index (Phi) is 3.78. The van der Waals surface area contributed by atoms with Crippen LogP contribution < -0.4 is 5.32 Å². The molecule has 2 aromatic rings. The average molecular weight is 283 g/mol. The number of hydrogen-bond donors (Lipinski definition) is 2. The lowest BCUT2D eigenvalue weighted by atomic mass is 9.81. The summed E-state index contributed by atoms with van der Waals surface area (Å²) in [6.07, 6.45) is 3.93. The molecule has 0 saturated heterocycles. The second-order valence-corrected chi connectivity index (χ2v) is 5.85. The number of rotatable bonds is 3. The van der Waals surface area contributed by atoms with E-state index in [1.165, 1.54) is 17.5 Å². The maximum atomic E-state index is 12.3. The lowest BCUT2D eigenvalue weighted by Crippen LogP contribution is -2.19. The molecular formula is C17H21N3O. The summed E-state index contributed by atoms with van der Waals surface area (Å²) in [4.78, 5) is 12.3. The zero-order valence-corrected chi connectivity index (χ0v) is 12.6. The van der Waals surface area contributed by atoms with E-state index in [-0.39, 0.29) is 5.91 Å². The van der Waals surface area contributed by atoms with Crippen LogP contribution in [0.15, 0.2) is 24.3 Å². The van der Waals surface area contributed by atoms with E-state index in [1.54, 1.807) is 0 Å². The fourth-order valence-electron chi connectivity index (χ4n) is 3.22. The van der Waals surface area contributed by atoms with Gasteiger partial charge in [0, 0.05) is 6.42 Å². The highest BCUT2D eigenvalue weighted by Gasteiger charge is 2.22. The lowest BCUT2D eigenvalue weighted by Gasteiger charge is -2.25. The van der Waals surface area contributed by atoms with Crippen molar-refractivity contribution in [2.24, 2.45) is 0 Å². The largest absolute Gasteiger partial charge is 0.323 e. The Balaban J connectivity index is 1.72. The third-order valence-electron chi connectivity index (χ3n) is 4.32. The van der Waals surface area contributed by atoms with E-state index in [1.807, 2.05) is 13.8 Å². The minimum Gasteiger partial charge on any atom is -0.323 e. The summed E-state index contributed by atoms with van der Waals surface area (Å²) in [5.74, 6) is 0.409. The highest BCUT2D eigenvalue weighted by molar-refractivity contribution is 5.92. The number of carbonyl (C=O) groups is 1. The normalized spacial score (nSPS) is 17.3. The van der Waals surface area contributed by atoms with Crippen LogP contribution in [0.2, 0.25) is 0 Å². The van der Waals surface area contributed by atoms with Crippen molar-refractivity contribution in [1.82, 2.24) is 10.2 Å². The van der Waals surface area contributed by atoms with E-state index in [2.05, 4.69) is 39.8 Å². The van der Waals surface area contributed by atoms with Crippen molar-refractivity contribution in [2.45, 2.75) is 45.4 Å². The summed E-state index contributed by atoms with van der Waals surface area (Å²) < 4.78 is 0. The molecule has 4 heteroatoms. The predicted molar refractivity (Wildman–Crippen MR) is 83.4 cm³/mol. The van der Waals surface area contributed by atoms with Crippen molar-refractivity contribution in [1.29, 1.82) is 0 Å². The van der Waals surface area contributed by atoms with Crippen molar-refractivity contribution in [3.8, 4) is 0 Å². The highest BCUT2D eigenvalue weighted by atomic mass is 16.1. The van der Waals surface area contributed by atoms with E-state index in [0.29, 0.717) is 12.3 Å². The number of H-pyrrole nitrogens is 1. The Morgan fingerprint density at radius 1 is 1.38 bits per heavy atom. The molecule has 1 heterocycles. The Hall–Kier alpha value is -2.10. The number of aryl methyl sites for hydroxylation is 3. The molecule has 110 valence electrons. The Bertz CT molecular complexity index is 640. The fraction of sp³-hybridized carbons (Fsp3) is 0.412. The molecular weight excluding hydrogens is 262 g/mol. The minimum absolute atomic E-state index is 0.0734. The van der Waals surface area contributed by atoms with Crippen LogP contribution in [-0.2, 0) is 11.2 Å². The molecule has 3 rings (SSSR count). The number of aromatic amines is 1. The predicted octanol–water partition coefficient (Wildman–Crippen LogP) is 3.48. The summed E-state index contributed by atoms with van der Waals surface area (Å²) in [7, 11) is 0. The molecule has 1 aliphatic rings. The van der Waals surface area contributed by atoms with Gasteiger partial charge in [-0.05, 0) is 50.2 Å². The van der Waals surface area contributed by atoms with Gasteiger partial charge in [-0.25, -0.2) is 0 Å². The molecule has 0 spiro atoms. The SMILES string of the molecule is Cc1n[nH]c(C)c1NC(=O)C[C@H]1CCCc2ccccc21. The highest BCUT2D eigenvalue weighted by Crippen LogP contribution is 2.34. The van der Waals surface area contributed by atoms with Crippen molar-refractivity contribution < 1.29 is 4.79 Å². The maximum Gasteiger partial charge on any atom is 0.225 e. The van der Waals surface area contributed by atoms with E-state index >= 15 is 0 Å². The Morgan fingerprint density at radius 2 is 2.19 bits per heavy atom. The second-order valence-electron chi connectivity index (χ2n) is 5.85. The van der Waals surface area contributed by atoms with Crippen LogP contribution >= 0.6 is 0 Å². The molecule has 0 radical (unpaired) electrons. The van der Waals surface area contributed by atoms with Crippen LogP contribution in [0.1, 0.15) is 47.7 Å². The van der Waals surface area contributed by atoms with Gasteiger partial charge < -0.3 is 5.32 Å². The number of amides is 1. The third-order valence-corrected chi connectivity index (χ3v) is 4.32. The summed E-state index contributed by atoms with van der Waals surface area (Å²) in [6, 6.07) is 8.50. The van der Waals surface area contributed by atoms with Crippen LogP contribution in [0.3, 0.4) is 0 Å². The van der Waals surface area contributed by atoms with Gasteiger partial charge in [-0.3, -0.25) is 9.89 Å². The second kappa shape index (κ2) is 5.72. The van der Waals surface area contributed by atoms with Gasteiger partial charge in [-0.2, -0.15) is 5.10 Å². The summed E-state index contributed by atoms with van der Waals surface area (Å²) >= 11 is 0. The van der Waals surface area contributed by atoms with E-state index in [9.17, 15) is 4.79 Å². The van der Waals surface area contributed by atoms with Crippen molar-refractivity contribution in [2.75, 3.05) is 5.32 Å². The number of nitrogens with zero attached hydrogens (tertiary/aromatic N) is 1. The topological polar surface area (TPSA) is 57.8 Å². The average Bonchev–Trinajstić information content (AvgIpc) is 2.79. The molecule has 1 atom stereocenters. The van der Waals surface area contributed by atoms with Crippen LogP contribution in [0.25, 0.3) is 0 Å². The van der Waals surface area contributed by atoms with Gasteiger partial charge in [-0.1, -0.05) is 24.3 Å². The Labute approximate surface area is 125 Å². The van der Waals surface area contributed by atoms with Gasteiger partial charge in [0.25, 0.3) is 0 Å². The molecule has 1 amide bonds. The number of benzene rings is 1. The first-order valence-electron chi connectivity index (χ1n) is 7.54. The van der Waals surface area contributed by atoms with E-state index in [0.717, 1.165) is 29.9 Å². The summed E-state index contributed by atoms with van der Waals surface area (Å²) in [6.45, 7) is 3.82. The first-order chi connectivity index (χ1) is 10.1. The van der Waals surface area contributed by atoms with Gasteiger partial charge in [0.2, 0.25) is 5.91 Å². The number of carbonyl (C=O) groups excluding carboxylic acids is 1. The molecule has 4 nitrogen and oxygen atoms in total. The van der Waals surface area contributed by atoms with Gasteiger partial charge in [0.05, 0.1) is 17.1 Å². The molecule has 1 aromatic carbocycles. The molecule has 0 fully saturated rings. The molecule has 1 aromatic heterocycles. The van der Waals surface area contributed by atoms with Crippen molar-refractivity contribution >= 4 is 11.6 Å². The number of nitrogens with one attached hydrogen (secondary N) is 2. The molecule has 0 unspecified atom stereocenters. The summed E-state index contributed by atoms with van der Waals surface area (Å²) in [5, 5.41) is 10.0. The monoisotopic (exact) mass is 283 g/mol. The molecule has 21 heavy (non-hydrogen) atoms. The van der Waals surface area contributed by atoms with Gasteiger partial charge in [0.1, 0.15) is 0 Å². The first-order valence-corrected chi connectivity index (χ1v) is 7.54. The first kappa shape index (κ1) is 13.9. The smallest absolute Gasteiger partial charge is 0.225 e. The van der Waals surface area contributed by atoms with Crippen LogP contribution in [0.5, 0.6) is 0 Å². The molecule has 1 aliphatic carbocycles. The van der Waals surface area contributed by atoms with Gasteiger partial charge >= 0.3 is 0 Å². The zero-order valence-electron chi connectivity index (χ0n) is 12.6. The molecule has 0 saturated carbocycles. The third kappa shape index (κ3) is 2.84. The van der Waals surface area contributed by atoms with Crippen molar-refractivity contribution in [3.05, 3.63) is 46.8 Å². The lowest BCUT2D eigenvalue weighted by molar-refractivity contribution is -0.116.